The van der Waals surface area contributed by atoms with Gasteiger partial charge in [0.1, 0.15) is 0 Å². The van der Waals surface area contributed by atoms with Crippen LogP contribution in [0.25, 0.3) is 0 Å². The van der Waals surface area contributed by atoms with Gasteiger partial charge in [-0.05, 0) is 24.6 Å². The molecule has 6 heteroatoms. The first-order valence-corrected chi connectivity index (χ1v) is 9.28. The Hall–Kier alpha value is -3.41. The minimum Gasteiger partial charge on any atom is -0.352 e. The number of amides is 2. The quantitative estimate of drug-likeness (QED) is 0.635. The lowest BCUT2D eigenvalue weighted by molar-refractivity contribution is -0.122. The number of aromatic nitrogens is 2. The number of carbonyl (C=O) groups excluding carboxylic acids is 2. The van der Waals surface area contributed by atoms with Crippen LogP contribution in [-0.4, -0.2) is 27.4 Å². The van der Waals surface area contributed by atoms with Crippen molar-refractivity contribution in [3.8, 4) is 0 Å². The Morgan fingerprint density at radius 1 is 1.00 bits per heavy atom. The maximum absolute atomic E-state index is 12.6. The first kappa shape index (κ1) is 19.4. The molecule has 0 fully saturated rings. The molecule has 0 saturated carbocycles. The van der Waals surface area contributed by atoms with E-state index in [1.807, 2.05) is 66.2 Å². The molecule has 2 aromatic carbocycles. The minimum absolute atomic E-state index is 0.0528. The smallest absolute Gasteiger partial charge is 0.251 e. The van der Waals surface area contributed by atoms with Crippen molar-refractivity contribution >= 4 is 11.8 Å². The van der Waals surface area contributed by atoms with E-state index in [4.69, 9.17) is 0 Å². The zero-order valence-corrected chi connectivity index (χ0v) is 15.8. The van der Waals surface area contributed by atoms with Crippen LogP contribution in [0.3, 0.4) is 0 Å². The van der Waals surface area contributed by atoms with Crippen molar-refractivity contribution in [3.05, 3.63) is 90.5 Å². The molecule has 0 bridgehead atoms. The van der Waals surface area contributed by atoms with Crippen LogP contribution in [0.1, 0.15) is 35.3 Å². The maximum Gasteiger partial charge on any atom is 0.251 e. The van der Waals surface area contributed by atoms with Crippen LogP contribution in [0.4, 0.5) is 0 Å². The van der Waals surface area contributed by atoms with E-state index in [0.29, 0.717) is 12.1 Å². The summed E-state index contributed by atoms with van der Waals surface area (Å²) in [7, 11) is 0. The Labute approximate surface area is 164 Å². The van der Waals surface area contributed by atoms with E-state index in [-0.39, 0.29) is 24.3 Å². The molecular weight excluding hydrogens is 352 g/mol. The van der Waals surface area contributed by atoms with E-state index in [0.717, 1.165) is 5.56 Å². The van der Waals surface area contributed by atoms with E-state index >= 15 is 0 Å². The maximum atomic E-state index is 12.6. The number of benzene rings is 2. The van der Waals surface area contributed by atoms with Crippen molar-refractivity contribution in [1.82, 2.24) is 20.2 Å². The Balaban J connectivity index is 1.65. The number of carbonyl (C=O) groups is 2. The monoisotopic (exact) mass is 376 g/mol. The first-order valence-electron chi connectivity index (χ1n) is 9.28. The van der Waals surface area contributed by atoms with Crippen LogP contribution in [0.5, 0.6) is 0 Å². The topological polar surface area (TPSA) is 76.0 Å². The van der Waals surface area contributed by atoms with Crippen LogP contribution in [0, 0.1) is 0 Å². The van der Waals surface area contributed by atoms with E-state index in [9.17, 15) is 9.59 Å². The lowest BCUT2D eigenvalue weighted by atomic mass is 10.0. The van der Waals surface area contributed by atoms with E-state index in [1.165, 1.54) is 0 Å². The fraction of sp³-hybridized carbons (Fsp3) is 0.227. The van der Waals surface area contributed by atoms with Gasteiger partial charge in [-0.15, -0.1) is 0 Å². The van der Waals surface area contributed by atoms with Crippen molar-refractivity contribution < 1.29 is 9.59 Å². The van der Waals surface area contributed by atoms with Crippen molar-refractivity contribution in [2.24, 2.45) is 0 Å². The summed E-state index contributed by atoms with van der Waals surface area (Å²) in [6, 6.07) is 18.1. The number of hydrogen-bond acceptors (Lipinski definition) is 3. The van der Waals surface area contributed by atoms with Gasteiger partial charge in [-0.1, -0.05) is 48.5 Å². The third-order valence-corrected chi connectivity index (χ3v) is 4.38. The summed E-state index contributed by atoms with van der Waals surface area (Å²) >= 11 is 0. The average Bonchev–Trinajstić information content (AvgIpc) is 3.21. The van der Waals surface area contributed by atoms with Gasteiger partial charge < -0.3 is 15.2 Å². The lowest BCUT2D eigenvalue weighted by Gasteiger charge is -2.21. The van der Waals surface area contributed by atoms with Crippen molar-refractivity contribution in [3.63, 3.8) is 0 Å². The van der Waals surface area contributed by atoms with Gasteiger partial charge in [0.25, 0.3) is 5.91 Å². The SMILES string of the molecule is C[C@@H](Cn1ccnc1)NC(=O)C[C@H](NC(=O)c1ccccc1)c1ccccc1. The molecule has 1 heterocycles. The largest absolute Gasteiger partial charge is 0.352 e. The normalized spacial score (nSPS) is 12.8. The second kappa shape index (κ2) is 9.50. The van der Waals surface area contributed by atoms with E-state index in [1.54, 1.807) is 24.7 Å². The van der Waals surface area contributed by atoms with Gasteiger partial charge in [-0.3, -0.25) is 9.59 Å². The van der Waals surface area contributed by atoms with Crippen LogP contribution >= 0.6 is 0 Å². The molecule has 1 aromatic heterocycles. The van der Waals surface area contributed by atoms with Gasteiger partial charge in [0.15, 0.2) is 0 Å². The third-order valence-electron chi connectivity index (χ3n) is 4.38. The molecule has 3 rings (SSSR count). The molecule has 6 nitrogen and oxygen atoms in total. The number of rotatable bonds is 8. The summed E-state index contributed by atoms with van der Waals surface area (Å²) in [6.07, 6.45) is 5.45. The highest BCUT2D eigenvalue weighted by Gasteiger charge is 2.20. The summed E-state index contributed by atoms with van der Waals surface area (Å²) in [5.41, 5.74) is 1.46. The van der Waals surface area contributed by atoms with Gasteiger partial charge in [-0.2, -0.15) is 0 Å². The summed E-state index contributed by atoms with van der Waals surface area (Å²) in [5.74, 6) is -0.316. The fourth-order valence-electron chi connectivity index (χ4n) is 3.04. The molecule has 144 valence electrons. The Bertz CT molecular complexity index is 879. The van der Waals surface area contributed by atoms with Gasteiger partial charge in [0.2, 0.25) is 5.91 Å². The highest BCUT2D eigenvalue weighted by molar-refractivity contribution is 5.94. The predicted molar refractivity (Wildman–Crippen MR) is 108 cm³/mol. The molecule has 0 aliphatic carbocycles. The van der Waals surface area contributed by atoms with Crippen LogP contribution < -0.4 is 10.6 Å². The van der Waals surface area contributed by atoms with Crippen molar-refractivity contribution in [2.45, 2.75) is 32.0 Å². The van der Waals surface area contributed by atoms with Gasteiger partial charge in [-0.25, -0.2) is 4.98 Å². The molecule has 28 heavy (non-hydrogen) atoms. The van der Waals surface area contributed by atoms with Crippen LogP contribution in [0.15, 0.2) is 79.4 Å². The first-order chi connectivity index (χ1) is 13.6. The highest BCUT2D eigenvalue weighted by atomic mass is 16.2. The highest BCUT2D eigenvalue weighted by Crippen LogP contribution is 2.17. The van der Waals surface area contributed by atoms with Gasteiger partial charge in [0, 0.05) is 30.5 Å². The molecule has 0 unspecified atom stereocenters. The lowest BCUT2D eigenvalue weighted by Crippen LogP contribution is -2.38. The fourth-order valence-corrected chi connectivity index (χ4v) is 3.04. The molecule has 0 saturated heterocycles. The second-order valence-corrected chi connectivity index (χ2v) is 6.73. The van der Waals surface area contributed by atoms with E-state index < -0.39 is 6.04 Å². The summed E-state index contributed by atoms with van der Waals surface area (Å²) in [5, 5.41) is 5.98. The second-order valence-electron chi connectivity index (χ2n) is 6.73. The zero-order chi connectivity index (χ0) is 19.8. The Kier molecular flexibility index (Phi) is 6.57. The van der Waals surface area contributed by atoms with Gasteiger partial charge >= 0.3 is 0 Å². The molecule has 2 amide bonds. The third kappa shape index (κ3) is 5.54. The summed E-state index contributed by atoms with van der Waals surface area (Å²) < 4.78 is 1.91. The molecule has 0 spiro atoms. The number of imidazole rings is 1. The van der Waals surface area contributed by atoms with E-state index in [2.05, 4.69) is 15.6 Å². The summed E-state index contributed by atoms with van der Waals surface area (Å²) in [6.45, 7) is 2.58. The molecule has 0 aliphatic heterocycles. The number of nitrogens with one attached hydrogen (secondary N) is 2. The zero-order valence-electron chi connectivity index (χ0n) is 15.8. The summed E-state index contributed by atoms with van der Waals surface area (Å²) in [4.78, 5) is 29.2. The molecule has 0 radical (unpaired) electrons. The van der Waals surface area contributed by atoms with Gasteiger partial charge in [0.05, 0.1) is 18.8 Å². The predicted octanol–water partition coefficient (Wildman–Crippen LogP) is 2.95. The van der Waals surface area contributed by atoms with Crippen LogP contribution in [0.2, 0.25) is 0 Å². The molecule has 0 aliphatic rings. The minimum atomic E-state index is -0.408. The number of nitrogens with zero attached hydrogens (tertiary/aromatic N) is 2. The van der Waals surface area contributed by atoms with Crippen molar-refractivity contribution in [1.29, 1.82) is 0 Å². The van der Waals surface area contributed by atoms with Crippen molar-refractivity contribution in [2.75, 3.05) is 0 Å². The molecule has 2 N–H and O–H groups in total. The molecular formula is C22H24N4O2. The number of hydrogen-bond donors (Lipinski definition) is 2. The van der Waals surface area contributed by atoms with Crippen LogP contribution in [-0.2, 0) is 11.3 Å². The molecule has 2 atom stereocenters. The molecule has 3 aromatic rings. The standard InChI is InChI=1S/C22H24N4O2/c1-17(15-26-13-12-23-16-26)24-21(27)14-20(18-8-4-2-5-9-18)25-22(28)19-10-6-3-7-11-19/h2-13,16-17,20H,14-15H2,1H3,(H,24,27)(H,25,28)/t17-,20-/m0/s1. The Morgan fingerprint density at radius 3 is 2.32 bits per heavy atom. The average molecular weight is 376 g/mol. The Morgan fingerprint density at radius 2 is 1.68 bits per heavy atom.